The number of aryl methyl sites for hydroxylation is 1. The van der Waals surface area contributed by atoms with Gasteiger partial charge < -0.3 is 10.4 Å². The lowest BCUT2D eigenvalue weighted by Gasteiger charge is -2.35. The summed E-state index contributed by atoms with van der Waals surface area (Å²) in [4.78, 5) is 3.94. The van der Waals surface area contributed by atoms with Gasteiger partial charge in [0, 0.05) is 40.0 Å². The molecular formula is C28H27ClF2N6O. The van der Waals surface area contributed by atoms with Gasteiger partial charge in [-0.3, -0.25) is 4.68 Å². The molecule has 2 heterocycles. The summed E-state index contributed by atoms with van der Waals surface area (Å²) in [5, 5.41) is 26.0. The fourth-order valence-electron chi connectivity index (χ4n) is 4.79. The molecule has 196 valence electrons. The molecule has 2 aromatic heterocycles. The van der Waals surface area contributed by atoms with Gasteiger partial charge in [0.25, 0.3) is 0 Å². The molecule has 0 fully saturated rings. The van der Waals surface area contributed by atoms with Gasteiger partial charge in [0.1, 0.15) is 29.9 Å². The van der Waals surface area contributed by atoms with Crippen molar-refractivity contribution in [2.24, 2.45) is 0 Å². The molecule has 0 saturated heterocycles. The topological polar surface area (TPSA) is 80.8 Å². The Morgan fingerprint density at radius 2 is 1.87 bits per heavy atom. The molecular weight excluding hydrogens is 510 g/mol. The minimum absolute atomic E-state index is 0.0474. The lowest BCUT2D eigenvalue weighted by Crippen LogP contribution is -2.41. The summed E-state index contributed by atoms with van der Waals surface area (Å²) in [6, 6.07) is 16.0. The van der Waals surface area contributed by atoms with Crippen molar-refractivity contribution in [3.05, 3.63) is 107 Å². The molecule has 2 N–H and O–H groups in total. The van der Waals surface area contributed by atoms with Crippen LogP contribution in [0.2, 0.25) is 5.02 Å². The van der Waals surface area contributed by atoms with E-state index in [2.05, 4.69) is 15.4 Å². The Morgan fingerprint density at radius 1 is 1.08 bits per heavy atom. The van der Waals surface area contributed by atoms with Gasteiger partial charge in [0.05, 0.1) is 18.1 Å². The third-order valence-electron chi connectivity index (χ3n) is 6.87. The molecule has 0 unspecified atom stereocenters. The van der Waals surface area contributed by atoms with Gasteiger partial charge in [-0.15, -0.1) is 0 Å². The van der Waals surface area contributed by atoms with Crippen LogP contribution in [0.5, 0.6) is 0 Å². The number of halogens is 3. The zero-order valence-corrected chi connectivity index (χ0v) is 21.7. The third-order valence-corrected chi connectivity index (χ3v) is 7.12. The number of aromatic nitrogens is 5. The molecule has 0 aliphatic heterocycles. The Hall–Kier alpha value is -3.82. The Bertz CT molecular complexity index is 1550. The summed E-state index contributed by atoms with van der Waals surface area (Å²) in [5.74, 6) is -1.57. The molecule has 7 nitrogen and oxygen atoms in total. The number of benzene rings is 3. The Labute approximate surface area is 223 Å². The predicted molar refractivity (Wildman–Crippen MR) is 143 cm³/mol. The fourth-order valence-corrected chi connectivity index (χ4v) is 4.92. The second-order valence-corrected chi connectivity index (χ2v) is 9.71. The standard InChI is InChI=1S/C28H27ClF2N6O/c1-3-27-23-13-22(33-14-19-4-6-20(29)7-5-19)9-11-26(23)35-37(27)18(2)28(38,15-36-17-32-16-34-36)24-10-8-21(30)12-25(24)31/h4-13,16-18,33,38H,3,14-15H2,1-2H3/t18-,28-/m1/s1. The van der Waals surface area contributed by atoms with Gasteiger partial charge in [-0.1, -0.05) is 36.7 Å². The van der Waals surface area contributed by atoms with E-state index in [1.54, 1.807) is 11.6 Å². The van der Waals surface area contributed by atoms with Crippen LogP contribution in [0.25, 0.3) is 10.9 Å². The SMILES string of the molecule is CCc1c2cc(NCc3ccc(Cl)cc3)ccc2nn1[C@H](C)[C@](O)(Cn1cncn1)c1ccc(F)cc1F. The molecule has 5 aromatic rings. The maximum atomic E-state index is 15.0. The number of hydrogen-bond donors (Lipinski definition) is 2. The lowest BCUT2D eigenvalue weighted by atomic mass is 9.86. The lowest BCUT2D eigenvalue weighted by molar-refractivity contribution is -0.0374. The summed E-state index contributed by atoms with van der Waals surface area (Å²) in [7, 11) is 0. The fraction of sp³-hybridized carbons (Fsp3) is 0.250. The van der Waals surface area contributed by atoms with Crippen molar-refractivity contribution in [2.45, 2.75) is 45.0 Å². The molecule has 38 heavy (non-hydrogen) atoms. The number of rotatable bonds is 9. The van der Waals surface area contributed by atoms with Crippen molar-refractivity contribution in [3.8, 4) is 0 Å². The maximum Gasteiger partial charge on any atom is 0.137 e. The largest absolute Gasteiger partial charge is 0.381 e. The first kappa shape index (κ1) is 25.8. The van der Waals surface area contributed by atoms with Gasteiger partial charge in [-0.25, -0.2) is 18.4 Å². The van der Waals surface area contributed by atoms with E-state index in [0.29, 0.717) is 18.0 Å². The van der Waals surface area contributed by atoms with Crippen molar-refractivity contribution in [3.63, 3.8) is 0 Å². The van der Waals surface area contributed by atoms with E-state index in [1.807, 2.05) is 49.4 Å². The van der Waals surface area contributed by atoms with Crippen LogP contribution in [0.15, 0.2) is 73.3 Å². The van der Waals surface area contributed by atoms with Gasteiger partial charge in [-0.05, 0) is 55.3 Å². The number of nitrogens with zero attached hydrogens (tertiary/aromatic N) is 5. The Morgan fingerprint density at radius 3 is 2.55 bits per heavy atom. The summed E-state index contributed by atoms with van der Waals surface area (Å²) in [5.41, 5.74) is 1.77. The zero-order chi connectivity index (χ0) is 26.9. The van der Waals surface area contributed by atoms with Crippen LogP contribution < -0.4 is 5.32 Å². The number of fused-ring (bicyclic) bond motifs is 1. The van der Waals surface area contributed by atoms with E-state index in [1.165, 1.54) is 23.4 Å². The normalized spacial score (nSPS) is 13.9. The van der Waals surface area contributed by atoms with Crippen LogP contribution in [-0.4, -0.2) is 29.7 Å². The summed E-state index contributed by atoms with van der Waals surface area (Å²) in [6.07, 6.45) is 3.40. The number of hydrogen-bond acceptors (Lipinski definition) is 5. The monoisotopic (exact) mass is 536 g/mol. The molecule has 0 radical (unpaired) electrons. The minimum Gasteiger partial charge on any atom is -0.381 e. The molecule has 3 aromatic carbocycles. The van der Waals surface area contributed by atoms with Crippen LogP contribution in [-0.2, 0) is 25.1 Å². The van der Waals surface area contributed by atoms with Crippen LogP contribution in [0.4, 0.5) is 14.5 Å². The third kappa shape index (κ3) is 4.99. The first-order chi connectivity index (χ1) is 18.3. The molecule has 2 atom stereocenters. The average molecular weight is 537 g/mol. The van der Waals surface area contributed by atoms with Gasteiger partial charge in [0.2, 0.25) is 0 Å². The van der Waals surface area contributed by atoms with E-state index in [-0.39, 0.29) is 12.1 Å². The number of aliphatic hydroxyl groups is 1. The summed E-state index contributed by atoms with van der Waals surface area (Å²) in [6.45, 7) is 4.28. The highest BCUT2D eigenvalue weighted by Crippen LogP contribution is 2.38. The Balaban J connectivity index is 1.52. The Kier molecular flexibility index (Phi) is 7.14. The molecule has 0 aliphatic rings. The van der Waals surface area contributed by atoms with Gasteiger partial charge >= 0.3 is 0 Å². The highest BCUT2D eigenvalue weighted by Gasteiger charge is 2.41. The molecule has 0 saturated carbocycles. The van der Waals surface area contributed by atoms with Crippen LogP contribution >= 0.6 is 11.6 Å². The zero-order valence-electron chi connectivity index (χ0n) is 20.9. The molecule has 0 spiro atoms. The minimum atomic E-state index is -1.81. The van der Waals surface area contributed by atoms with Crippen LogP contribution in [0, 0.1) is 11.6 Å². The van der Waals surface area contributed by atoms with E-state index < -0.39 is 23.3 Å². The second kappa shape index (κ2) is 10.5. The predicted octanol–water partition coefficient (Wildman–Crippen LogP) is 5.88. The van der Waals surface area contributed by atoms with Crippen molar-refractivity contribution in [2.75, 3.05) is 5.32 Å². The highest BCUT2D eigenvalue weighted by molar-refractivity contribution is 6.30. The highest BCUT2D eigenvalue weighted by atomic mass is 35.5. The van der Waals surface area contributed by atoms with Gasteiger partial charge in [-0.2, -0.15) is 10.2 Å². The summed E-state index contributed by atoms with van der Waals surface area (Å²) < 4.78 is 31.9. The van der Waals surface area contributed by atoms with Gasteiger partial charge in [0.15, 0.2) is 0 Å². The molecule has 10 heteroatoms. The molecule has 0 aliphatic carbocycles. The number of anilines is 1. The van der Waals surface area contributed by atoms with Crippen molar-refractivity contribution in [1.29, 1.82) is 0 Å². The average Bonchev–Trinajstić information content (AvgIpc) is 3.54. The summed E-state index contributed by atoms with van der Waals surface area (Å²) >= 11 is 5.99. The second-order valence-electron chi connectivity index (χ2n) is 9.27. The van der Waals surface area contributed by atoms with Crippen molar-refractivity contribution in [1.82, 2.24) is 24.5 Å². The molecule has 5 rings (SSSR count). The quantitative estimate of drug-likeness (QED) is 0.246. The molecule has 0 bridgehead atoms. The van der Waals surface area contributed by atoms with Crippen LogP contribution in [0.3, 0.4) is 0 Å². The van der Waals surface area contributed by atoms with E-state index in [9.17, 15) is 9.50 Å². The molecule has 0 amide bonds. The van der Waals surface area contributed by atoms with Crippen molar-refractivity contribution < 1.29 is 13.9 Å². The number of nitrogens with one attached hydrogen (secondary N) is 1. The maximum absolute atomic E-state index is 15.0. The first-order valence-corrected chi connectivity index (χ1v) is 12.7. The first-order valence-electron chi connectivity index (χ1n) is 12.3. The van der Waals surface area contributed by atoms with Crippen LogP contribution in [0.1, 0.15) is 36.7 Å². The van der Waals surface area contributed by atoms with E-state index in [4.69, 9.17) is 16.7 Å². The van der Waals surface area contributed by atoms with Crippen molar-refractivity contribution >= 4 is 28.2 Å². The van der Waals surface area contributed by atoms with E-state index in [0.717, 1.165) is 40.0 Å². The smallest absolute Gasteiger partial charge is 0.137 e. The van der Waals surface area contributed by atoms with E-state index >= 15 is 4.39 Å².